The van der Waals surface area contributed by atoms with Crippen molar-refractivity contribution in [3.63, 3.8) is 0 Å². The number of pyridine rings is 1. The molecule has 0 atom stereocenters. The predicted molar refractivity (Wildman–Crippen MR) is 99.5 cm³/mol. The monoisotopic (exact) mass is 358 g/mol. The largest absolute Gasteiger partial charge is 0.480 e. The third kappa shape index (κ3) is 3.71. The first kappa shape index (κ1) is 18.0. The van der Waals surface area contributed by atoms with Gasteiger partial charge in [-0.1, -0.05) is 12.1 Å². The lowest BCUT2D eigenvalue weighted by atomic mass is 10.2. The van der Waals surface area contributed by atoms with E-state index in [0.29, 0.717) is 43.4 Å². The number of aromatic nitrogens is 1. The molecule has 26 heavy (non-hydrogen) atoms. The molecular weight excluding hydrogens is 335 g/mol. The molecule has 138 valence electrons. The van der Waals surface area contributed by atoms with Crippen LogP contribution in [0.1, 0.15) is 11.3 Å². The molecule has 1 aliphatic heterocycles. The van der Waals surface area contributed by atoms with Gasteiger partial charge >= 0.3 is 6.03 Å². The van der Waals surface area contributed by atoms with Gasteiger partial charge in [0, 0.05) is 31.9 Å². The Morgan fingerprint density at radius 1 is 1.19 bits per heavy atom. The van der Waals surface area contributed by atoms with Crippen LogP contribution in [0.25, 0.3) is 0 Å². The van der Waals surface area contributed by atoms with Crippen molar-refractivity contribution in [1.82, 2.24) is 9.88 Å². The van der Waals surface area contributed by atoms with Gasteiger partial charge in [-0.3, -0.25) is 0 Å². The Morgan fingerprint density at radius 2 is 1.88 bits per heavy atom. The van der Waals surface area contributed by atoms with Gasteiger partial charge in [0.15, 0.2) is 0 Å². The third-order valence-corrected chi connectivity index (χ3v) is 4.63. The summed E-state index contributed by atoms with van der Waals surface area (Å²) in [6.45, 7) is 6.02. The van der Waals surface area contributed by atoms with Gasteiger partial charge in [-0.2, -0.15) is 0 Å². The number of amides is 2. The van der Waals surface area contributed by atoms with Gasteiger partial charge < -0.3 is 19.9 Å². The van der Waals surface area contributed by atoms with E-state index < -0.39 is 0 Å². The van der Waals surface area contributed by atoms with Crippen LogP contribution in [-0.4, -0.2) is 49.2 Å². The Bertz CT molecular complexity index is 804. The Balaban J connectivity index is 1.64. The quantitative estimate of drug-likeness (QED) is 0.915. The zero-order chi connectivity index (χ0) is 18.7. The summed E-state index contributed by atoms with van der Waals surface area (Å²) >= 11 is 0. The van der Waals surface area contributed by atoms with Crippen LogP contribution < -0.4 is 15.0 Å². The van der Waals surface area contributed by atoms with E-state index in [1.165, 1.54) is 13.2 Å². The molecule has 2 aromatic rings. The number of rotatable bonds is 3. The Hall–Kier alpha value is -2.83. The molecule has 6 nitrogen and oxygen atoms in total. The lowest BCUT2D eigenvalue weighted by Gasteiger charge is -2.36. The molecule has 1 N–H and O–H groups in total. The first-order valence-corrected chi connectivity index (χ1v) is 8.57. The van der Waals surface area contributed by atoms with Crippen LogP contribution in [0.4, 0.5) is 20.6 Å². The van der Waals surface area contributed by atoms with Crippen LogP contribution in [-0.2, 0) is 0 Å². The molecule has 1 saturated heterocycles. The van der Waals surface area contributed by atoms with E-state index >= 15 is 0 Å². The standard InChI is InChI=1S/C19H23FN4O2/c1-13-12-16(18(26-3)21-14(13)2)22-19(25)24-10-8-23(9-11-24)17-7-5-4-6-15(17)20/h4-7,12H,8-11H2,1-3H3,(H,22,25). The number of benzene rings is 1. The summed E-state index contributed by atoms with van der Waals surface area (Å²) in [5.41, 5.74) is 2.97. The van der Waals surface area contributed by atoms with Gasteiger partial charge in [0.05, 0.1) is 12.8 Å². The van der Waals surface area contributed by atoms with Crippen molar-refractivity contribution in [2.24, 2.45) is 0 Å². The Morgan fingerprint density at radius 3 is 2.54 bits per heavy atom. The Labute approximate surface area is 152 Å². The number of ether oxygens (including phenoxy) is 1. The zero-order valence-electron chi connectivity index (χ0n) is 15.3. The molecule has 1 aromatic heterocycles. The average molecular weight is 358 g/mol. The van der Waals surface area contributed by atoms with Crippen LogP contribution in [0.15, 0.2) is 30.3 Å². The summed E-state index contributed by atoms with van der Waals surface area (Å²) in [4.78, 5) is 20.6. The van der Waals surface area contributed by atoms with Gasteiger partial charge in [-0.15, -0.1) is 0 Å². The number of carbonyl (C=O) groups excluding carboxylic acids is 1. The van der Waals surface area contributed by atoms with Crippen LogP contribution in [0.5, 0.6) is 5.88 Å². The summed E-state index contributed by atoms with van der Waals surface area (Å²) in [6, 6.07) is 8.35. The maximum Gasteiger partial charge on any atom is 0.322 e. The highest BCUT2D eigenvalue weighted by molar-refractivity contribution is 5.91. The van der Waals surface area contributed by atoms with Crippen molar-refractivity contribution < 1.29 is 13.9 Å². The number of piperazine rings is 1. The third-order valence-electron chi connectivity index (χ3n) is 4.63. The number of urea groups is 1. The SMILES string of the molecule is COc1nc(C)c(C)cc1NC(=O)N1CCN(c2ccccc2F)CC1. The second kappa shape index (κ2) is 7.59. The molecule has 0 spiro atoms. The molecular formula is C19H23FN4O2. The molecule has 0 saturated carbocycles. The van der Waals surface area contributed by atoms with Crippen LogP contribution in [0.3, 0.4) is 0 Å². The number of methoxy groups -OCH3 is 1. The molecule has 7 heteroatoms. The minimum Gasteiger partial charge on any atom is -0.480 e. The predicted octanol–water partition coefficient (Wildman–Crippen LogP) is 3.20. The molecule has 0 unspecified atom stereocenters. The van der Waals surface area contributed by atoms with Crippen LogP contribution in [0, 0.1) is 19.7 Å². The molecule has 1 aliphatic rings. The van der Waals surface area contributed by atoms with Gasteiger partial charge in [-0.05, 0) is 37.6 Å². The number of aryl methyl sites for hydroxylation is 2. The molecule has 2 amide bonds. The van der Waals surface area contributed by atoms with Crippen molar-refractivity contribution in [3.8, 4) is 5.88 Å². The lowest BCUT2D eigenvalue weighted by molar-refractivity contribution is 0.208. The highest BCUT2D eigenvalue weighted by Gasteiger charge is 2.23. The van der Waals surface area contributed by atoms with Crippen LogP contribution >= 0.6 is 0 Å². The summed E-state index contributed by atoms with van der Waals surface area (Å²) in [5, 5.41) is 2.87. The number of para-hydroxylation sites is 1. The maximum atomic E-state index is 13.9. The number of carbonyl (C=O) groups is 1. The first-order chi connectivity index (χ1) is 12.5. The molecule has 1 fully saturated rings. The number of hydrogen-bond acceptors (Lipinski definition) is 4. The molecule has 1 aromatic carbocycles. The smallest absolute Gasteiger partial charge is 0.322 e. The van der Waals surface area contributed by atoms with E-state index in [1.54, 1.807) is 17.0 Å². The van der Waals surface area contributed by atoms with E-state index in [9.17, 15) is 9.18 Å². The lowest BCUT2D eigenvalue weighted by Crippen LogP contribution is -2.50. The second-order valence-electron chi connectivity index (χ2n) is 6.30. The fourth-order valence-corrected chi connectivity index (χ4v) is 2.98. The number of halogens is 1. The molecule has 0 aliphatic carbocycles. The van der Waals surface area contributed by atoms with E-state index in [-0.39, 0.29) is 11.8 Å². The summed E-state index contributed by atoms with van der Waals surface area (Å²) in [6.07, 6.45) is 0. The van der Waals surface area contributed by atoms with Gasteiger partial charge in [0.1, 0.15) is 11.5 Å². The van der Waals surface area contributed by atoms with E-state index in [0.717, 1.165) is 11.3 Å². The van der Waals surface area contributed by atoms with E-state index in [2.05, 4.69) is 10.3 Å². The fourth-order valence-electron chi connectivity index (χ4n) is 2.98. The minimum atomic E-state index is -0.239. The molecule has 3 rings (SSSR count). The fraction of sp³-hybridized carbons (Fsp3) is 0.368. The summed E-state index contributed by atoms with van der Waals surface area (Å²) in [5.74, 6) is 0.155. The van der Waals surface area contributed by atoms with Gasteiger partial charge in [0.25, 0.3) is 0 Å². The summed E-state index contributed by atoms with van der Waals surface area (Å²) in [7, 11) is 1.53. The highest BCUT2D eigenvalue weighted by Crippen LogP contribution is 2.25. The number of anilines is 2. The van der Waals surface area contributed by atoms with Crippen molar-refractivity contribution in [3.05, 3.63) is 47.4 Å². The maximum absolute atomic E-state index is 13.9. The molecule has 0 radical (unpaired) electrons. The highest BCUT2D eigenvalue weighted by atomic mass is 19.1. The number of nitrogens with zero attached hydrogens (tertiary/aromatic N) is 3. The average Bonchev–Trinajstić information content (AvgIpc) is 2.65. The van der Waals surface area contributed by atoms with Crippen molar-refractivity contribution in [2.45, 2.75) is 13.8 Å². The van der Waals surface area contributed by atoms with E-state index in [4.69, 9.17) is 4.74 Å². The van der Waals surface area contributed by atoms with E-state index in [1.807, 2.05) is 30.9 Å². The molecule has 2 heterocycles. The van der Waals surface area contributed by atoms with Crippen molar-refractivity contribution in [1.29, 1.82) is 0 Å². The number of nitrogens with one attached hydrogen (secondary N) is 1. The first-order valence-electron chi connectivity index (χ1n) is 8.57. The minimum absolute atomic E-state index is 0.207. The normalized spacial score (nSPS) is 14.3. The van der Waals surface area contributed by atoms with Gasteiger partial charge in [-0.25, -0.2) is 14.2 Å². The van der Waals surface area contributed by atoms with Crippen LogP contribution in [0.2, 0.25) is 0 Å². The van der Waals surface area contributed by atoms with Crippen molar-refractivity contribution >= 4 is 17.4 Å². The zero-order valence-corrected chi connectivity index (χ0v) is 15.3. The van der Waals surface area contributed by atoms with Crippen molar-refractivity contribution in [2.75, 3.05) is 43.5 Å². The Kier molecular flexibility index (Phi) is 5.25. The van der Waals surface area contributed by atoms with Gasteiger partial charge in [0.2, 0.25) is 5.88 Å². The summed E-state index contributed by atoms with van der Waals surface area (Å²) < 4.78 is 19.2. The molecule has 0 bridgehead atoms. The second-order valence-corrected chi connectivity index (χ2v) is 6.30. The topological polar surface area (TPSA) is 57.7 Å². The number of hydrogen-bond donors (Lipinski definition) is 1.